The maximum absolute atomic E-state index is 11.2. The van der Waals surface area contributed by atoms with Crippen LogP contribution in [0.4, 0.5) is 5.13 Å². The van der Waals surface area contributed by atoms with E-state index in [2.05, 4.69) is 9.88 Å². The minimum absolute atomic E-state index is 0.155. The van der Waals surface area contributed by atoms with Crippen molar-refractivity contribution in [3.63, 3.8) is 0 Å². The van der Waals surface area contributed by atoms with Crippen LogP contribution in [0.5, 0.6) is 0 Å². The standard InChI is InChI=1S/C12H18N2O2S2/c1-8(2)9-10(11(15)16)18-12(13-9)14-4-3-6-17-7-5-14/h8H,3-7H2,1-2H3,(H,15,16). The number of carboxylic acids is 1. The molecule has 1 fully saturated rings. The molecule has 0 spiro atoms. The molecule has 100 valence electrons. The molecule has 1 saturated heterocycles. The van der Waals surface area contributed by atoms with Gasteiger partial charge in [-0.15, -0.1) is 0 Å². The highest BCUT2D eigenvalue weighted by molar-refractivity contribution is 7.99. The molecule has 0 unspecified atom stereocenters. The maximum Gasteiger partial charge on any atom is 0.347 e. The third-order valence-corrected chi connectivity index (χ3v) is 5.04. The first kappa shape index (κ1) is 13.7. The van der Waals surface area contributed by atoms with Gasteiger partial charge in [0.1, 0.15) is 4.88 Å². The van der Waals surface area contributed by atoms with Gasteiger partial charge in [0.25, 0.3) is 0 Å². The van der Waals surface area contributed by atoms with Crippen LogP contribution >= 0.6 is 23.1 Å². The Bertz CT molecular complexity index is 424. The van der Waals surface area contributed by atoms with Gasteiger partial charge in [-0.25, -0.2) is 9.78 Å². The molecule has 18 heavy (non-hydrogen) atoms. The number of carbonyl (C=O) groups is 1. The number of aromatic carboxylic acids is 1. The van der Waals surface area contributed by atoms with Crippen molar-refractivity contribution in [3.8, 4) is 0 Å². The lowest BCUT2D eigenvalue weighted by Gasteiger charge is -2.18. The van der Waals surface area contributed by atoms with Crippen LogP contribution in [-0.2, 0) is 0 Å². The molecule has 0 aromatic carbocycles. The fraction of sp³-hybridized carbons (Fsp3) is 0.667. The van der Waals surface area contributed by atoms with Crippen LogP contribution in [0.1, 0.15) is 41.6 Å². The predicted octanol–water partition coefficient (Wildman–Crippen LogP) is 2.91. The van der Waals surface area contributed by atoms with Crippen LogP contribution in [0.15, 0.2) is 0 Å². The average Bonchev–Trinajstić information content (AvgIpc) is 2.59. The summed E-state index contributed by atoms with van der Waals surface area (Å²) < 4.78 is 0. The van der Waals surface area contributed by atoms with Crippen LogP contribution in [-0.4, -0.2) is 40.7 Å². The van der Waals surface area contributed by atoms with Crippen molar-refractivity contribution >= 4 is 34.2 Å². The molecule has 1 aliphatic rings. The first-order valence-corrected chi connectivity index (χ1v) is 8.13. The molecule has 1 aliphatic heterocycles. The number of hydrogen-bond acceptors (Lipinski definition) is 5. The van der Waals surface area contributed by atoms with E-state index < -0.39 is 5.97 Å². The molecule has 0 saturated carbocycles. The Kier molecular flexibility index (Phi) is 4.50. The highest BCUT2D eigenvalue weighted by Crippen LogP contribution is 2.31. The van der Waals surface area contributed by atoms with Crippen molar-refractivity contribution in [1.29, 1.82) is 0 Å². The highest BCUT2D eigenvalue weighted by atomic mass is 32.2. The number of carboxylic acid groups (broad SMARTS) is 1. The molecule has 2 rings (SSSR count). The Morgan fingerprint density at radius 1 is 1.39 bits per heavy atom. The Hall–Kier alpha value is -0.750. The highest BCUT2D eigenvalue weighted by Gasteiger charge is 2.22. The summed E-state index contributed by atoms with van der Waals surface area (Å²) in [6.45, 7) is 5.93. The van der Waals surface area contributed by atoms with Crippen molar-refractivity contribution < 1.29 is 9.90 Å². The second-order valence-corrected chi connectivity index (χ2v) is 6.83. The average molecular weight is 286 g/mol. The van der Waals surface area contributed by atoms with Crippen LogP contribution in [0.25, 0.3) is 0 Å². The molecule has 1 aromatic rings. The largest absolute Gasteiger partial charge is 0.477 e. The van der Waals surface area contributed by atoms with Crippen LogP contribution in [0, 0.1) is 0 Å². The van der Waals surface area contributed by atoms with Gasteiger partial charge < -0.3 is 10.0 Å². The Balaban J connectivity index is 2.27. The van der Waals surface area contributed by atoms with Gasteiger partial charge in [-0.05, 0) is 18.1 Å². The van der Waals surface area contributed by atoms with Crippen molar-refractivity contribution in [2.24, 2.45) is 0 Å². The zero-order valence-electron chi connectivity index (χ0n) is 10.7. The van der Waals surface area contributed by atoms with Gasteiger partial charge in [-0.2, -0.15) is 11.8 Å². The predicted molar refractivity (Wildman–Crippen MR) is 77.3 cm³/mol. The number of thiazole rings is 1. The lowest BCUT2D eigenvalue weighted by Crippen LogP contribution is -2.25. The SMILES string of the molecule is CC(C)c1nc(N2CCCSCC2)sc1C(=O)O. The fourth-order valence-electron chi connectivity index (χ4n) is 1.94. The molecule has 0 aliphatic carbocycles. The van der Waals surface area contributed by atoms with Crippen molar-refractivity contribution in [2.75, 3.05) is 29.5 Å². The lowest BCUT2D eigenvalue weighted by atomic mass is 10.1. The number of anilines is 1. The number of aromatic nitrogens is 1. The van der Waals surface area contributed by atoms with Gasteiger partial charge >= 0.3 is 5.97 Å². The molecule has 0 radical (unpaired) electrons. The molecule has 4 nitrogen and oxygen atoms in total. The molecule has 2 heterocycles. The molecular formula is C12H18N2O2S2. The smallest absolute Gasteiger partial charge is 0.347 e. The van der Waals surface area contributed by atoms with Crippen LogP contribution in [0.3, 0.4) is 0 Å². The van der Waals surface area contributed by atoms with Gasteiger partial charge in [-0.1, -0.05) is 25.2 Å². The first-order chi connectivity index (χ1) is 8.59. The molecule has 6 heteroatoms. The topological polar surface area (TPSA) is 53.4 Å². The summed E-state index contributed by atoms with van der Waals surface area (Å²) >= 11 is 3.27. The Morgan fingerprint density at radius 2 is 2.17 bits per heavy atom. The van der Waals surface area contributed by atoms with Crippen molar-refractivity contribution in [1.82, 2.24) is 4.98 Å². The monoisotopic (exact) mass is 286 g/mol. The zero-order chi connectivity index (χ0) is 13.1. The quantitative estimate of drug-likeness (QED) is 0.926. The van der Waals surface area contributed by atoms with Gasteiger partial charge in [-0.3, -0.25) is 0 Å². The normalized spacial score (nSPS) is 16.9. The fourth-order valence-corrected chi connectivity index (χ4v) is 3.94. The molecule has 0 atom stereocenters. The zero-order valence-corrected chi connectivity index (χ0v) is 12.3. The molecule has 0 bridgehead atoms. The van der Waals surface area contributed by atoms with Gasteiger partial charge in [0, 0.05) is 18.8 Å². The number of hydrogen-bond donors (Lipinski definition) is 1. The van der Waals surface area contributed by atoms with E-state index in [1.54, 1.807) is 0 Å². The molecule has 1 aromatic heterocycles. The summed E-state index contributed by atoms with van der Waals surface area (Å²) in [5, 5.41) is 10.1. The van der Waals surface area contributed by atoms with Gasteiger partial charge in [0.15, 0.2) is 5.13 Å². The number of rotatable bonds is 3. The molecular weight excluding hydrogens is 268 g/mol. The summed E-state index contributed by atoms with van der Waals surface area (Å²) in [5.41, 5.74) is 0.722. The third kappa shape index (κ3) is 2.98. The first-order valence-electron chi connectivity index (χ1n) is 6.16. The second-order valence-electron chi connectivity index (χ2n) is 4.62. The second kappa shape index (κ2) is 5.93. The number of nitrogens with zero attached hydrogens (tertiary/aromatic N) is 2. The number of thioether (sulfide) groups is 1. The van der Waals surface area contributed by atoms with E-state index in [1.165, 1.54) is 17.1 Å². The van der Waals surface area contributed by atoms with Crippen LogP contribution < -0.4 is 4.90 Å². The van der Waals surface area contributed by atoms with E-state index in [0.717, 1.165) is 36.1 Å². The van der Waals surface area contributed by atoms with Crippen molar-refractivity contribution in [2.45, 2.75) is 26.2 Å². The van der Waals surface area contributed by atoms with Gasteiger partial charge in [0.2, 0.25) is 0 Å². The summed E-state index contributed by atoms with van der Waals surface area (Å²) in [4.78, 5) is 18.4. The minimum atomic E-state index is -0.855. The van der Waals surface area contributed by atoms with Gasteiger partial charge in [0.05, 0.1) is 5.69 Å². The third-order valence-electron chi connectivity index (χ3n) is 2.88. The maximum atomic E-state index is 11.2. The van der Waals surface area contributed by atoms with E-state index in [9.17, 15) is 9.90 Å². The Labute approximate surface area is 115 Å². The lowest BCUT2D eigenvalue weighted by molar-refractivity contribution is 0.0700. The summed E-state index contributed by atoms with van der Waals surface area (Å²) in [6.07, 6.45) is 1.14. The summed E-state index contributed by atoms with van der Waals surface area (Å²) in [6, 6.07) is 0. The molecule has 1 N–H and O–H groups in total. The van der Waals surface area contributed by atoms with E-state index in [-0.39, 0.29) is 5.92 Å². The summed E-state index contributed by atoms with van der Waals surface area (Å²) in [5.74, 6) is 1.58. The van der Waals surface area contributed by atoms with E-state index >= 15 is 0 Å². The Morgan fingerprint density at radius 3 is 2.78 bits per heavy atom. The molecule has 0 amide bonds. The van der Waals surface area contributed by atoms with E-state index in [0.29, 0.717) is 4.88 Å². The van der Waals surface area contributed by atoms with Crippen LogP contribution in [0.2, 0.25) is 0 Å². The van der Waals surface area contributed by atoms with E-state index in [1.807, 2.05) is 25.6 Å². The minimum Gasteiger partial charge on any atom is -0.477 e. The summed E-state index contributed by atoms with van der Waals surface area (Å²) in [7, 11) is 0. The van der Waals surface area contributed by atoms with E-state index in [4.69, 9.17) is 0 Å². The van der Waals surface area contributed by atoms with Crippen molar-refractivity contribution in [3.05, 3.63) is 10.6 Å².